The Bertz CT molecular complexity index is 696. The van der Waals surface area contributed by atoms with Gasteiger partial charge in [0.05, 0.1) is 0 Å². The Morgan fingerprint density at radius 3 is 2.46 bits per heavy atom. The first-order chi connectivity index (χ1) is 11.6. The molecule has 0 atom stereocenters. The van der Waals surface area contributed by atoms with Crippen LogP contribution in [0.5, 0.6) is 5.75 Å². The first-order valence-electron chi connectivity index (χ1n) is 7.95. The van der Waals surface area contributed by atoms with Gasteiger partial charge in [0, 0.05) is 18.2 Å². The summed E-state index contributed by atoms with van der Waals surface area (Å²) in [6.07, 6.45) is 2.10. The highest BCUT2D eigenvalue weighted by Gasteiger charge is 2.05. The van der Waals surface area contributed by atoms with Crippen LogP contribution in [-0.4, -0.2) is 18.4 Å². The minimum Gasteiger partial charge on any atom is -0.484 e. The molecule has 0 saturated heterocycles. The number of aryl methyl sites for hydroxylation is 2. The molecular weight excluding hydrogens is 304 g/mol. The fourth-order valence-corrected chi connectivity index (χ4v) is 2.24. The molecule has 0 heterocycles. The molecule has 2 rings (SSSR count). The molecule has 0 spiro atoms. The van der Waals surface area contributed by atoms with Gasteiger partial charge in [0.25, 0.3) is 5.91 Å². The molecule has 0 aromatic heterocycles. The number of carbonyl (C=O) groups excluding carboxylic acids is 2. The van der Waals surface area contributed by atoms with Crippen molar-refractivity contribution in [1.82, 2.24) is 0 Å². The Hall–Kier alpha value is -2.82. The van der Waals surface area contributed by atoms with Crippen molar-refractivity contribution in [3.8, 4) is 5.75 Å². The predicted octanol–water partition coefficient (Wildman–Crippen LogP) is 2.68. The maximum absolute atomic E-state index is 12.1. The molecule has 0 aliphatic heterocycles. The topological polar surface area (TPSA) is 81.4 Å². The maximum Gasteiger partial charge on any atom is 0.255 e. The Morgan fingerprint density at radius 2 is 1.79 bits per heavy atom. The third kappa shape index (κ3) is 5.76. The number of carbonyl (C=O) groups is 2. The van der Waals surface area contributed by atoms with E-state index in [4.69, 9.17) is 10.5 Å². The summed E-state index contributed by atoms with van der Waals surface area (Å²) in [6.45, 7) is 1.93. The molecule has 0 bridgehead atoms. The van der Waals surface area contributed by atoms with E-state index in [-0.39, 0.29) is 12.5 Å². The smallest absolute Gasteiger partial charge is 0.255 e. The van der Waals surface area contributed by atoms with Gasteiger partial charge in [0.2, 0.25) is 5.91 Å². The van der Waals surface area contributed by atoms with E-state index in [1.807, 2.05) is 0 Å². The van der Waals surface area contributed by atoms with E-state index in [0.717, 1.165) is 12.0 Å². The molecule has 126 valence electrons. The second-order valence-corrected chi connectivity index (χ2v) is 5.50. The van der Waals surface area contributed by atoms with E-state index in [1.54, 1.807) is 24.3 Å². The summed E-state index contributed by atoms with van der Waals surface area (Å²) in [5.74, 6) is -0.123. The lowest BCUT2D eigenvalue weighted by atomic mass is 10.1. The third-order valence-electron chi connectivity index (χ3n) is 3.57. The van der Waals surface area contributed by atoms with Crippen molar-refractivity contribution < 1.29 is 14.3 Å². The highest BCUT2D eigenvalue weighted by Crippen LogP contribution is 2.17. The molecule has 0 fully saturated rings. The zero-order valence-corrected chi connectivity index (χ0v) is 13.7. The Balaban J connectivity index is 1.85. The Kier molecular flexibility index (Phi) is 6.37. The number of anilines is 1. The maximum atomic E-state index is 12.1. The predicted molar refractivity (Wildman–Crippen MR) is 93.9 cm³/mol. The van der Waals surface area contributed by atoms with Gasteiger partial charge >= 0.3 is 0 Å². The fourth-order valence-electron chi connectivity index (χ4n) is 2.24. The zero-order chi connectivity index (χ0) is 17.4. The van der Waals surface area contributed by atoms with Gasteiger partial charge in [-0.2, -0.15) is 0 Å². The van der Waals surface area contributed by atoms with Crippen LogP contribution >= 0.6 is 0 Å². The van der Waals surface area contributed by atoms with Gasteiger partial charge in [0.1, 0.15) is 5.75 Å². The van der Waals surface area contributed by atoms with Crippen molar-refractivity contribution in [1.29, 1.82) is 0 Å². The standard InChI is InChI=1S/C19H22N2O3/c1-2-14-6-8-15(9-7-14)10-11-19(23)21-16-4-3-5-17(12-16)24-13-18(20)22/h3-9,12H,2,10-11,13H2,1H3,(H2,20,22)(H,21,23). The lowest BCUT2D eigenvalue weighted by molar-refractivity contribution is -0.120. The second-order valence-electron chi connectivity index (χ2n) is 5.50. The lowest BCUT2D eigenvalue weighted by Crippen LogP contribution is -2.20. The average molecular weight is 326 g/mol. The van der Waals surface area contributed by atoms with Crippen LogP contribution in [-0.2, 0) is 22.4 Å². The molecule has 3 N–H and O–H groups in total. The Labute approximate surface area is 141 Å². The van der Waals surface area contributed by atoms with E-state index >= 15 is 0 Å². The van der Waals surface area contributed by atoms with Crippen LogP contribution in [0.3, 0.4) is 0 Å². The first kappa shape index (κ1) is 17.5. The largest absolute Gasteiger partial charge is 0.484 e. The molecule has 24 heavy (non-hydrogen) atoms. The summed E-state index contributed by atoms with van der Waals surface area (Å²) in [4.78, 5) is 22.8. The molecule has 2 aromatic rings. The van der Waals surface area contributed by atoms with E-state index < -0.39 is 5.91 Å². The van der Waals surface area contributed by atoms with Gasteiger partial charge in [-0.3, -0.25) is 9.59 Å². The SMILES string of the molecule is CCc1ccc(CCC(=O)Nc2cccc(OCC(N)=O)c2)cc1. The quantitative estimate of drug-likeness (QED) is 0.782. The van der Waals surface area contributed by atoms with Gasteiger partial charge in [-0.15, -0.1) is 0 Å². The zero-order valence-electron chi connectivity index (χ0n) is 13.7. The molecule has 0 saturated carbocycles. The van der Waals surface area contributed by atoms with Crippen LogP contribution in [0.2, 0.25) is 0 Å². The normalized spacial score (nSPS) is 10.2. The summed E-state index contributed by atoms with van der Waals surface area (Å²) in [7, 11) is 0. The van der Waals surface area contributed by atoms with Crippen LogP contribution in [0.1, 0.15) is 24.5 Å². The number of ether oxygens (including phenoxy) is 1. The van der Waals surface area contributed by atoms with Crippen LogP contribution in [0, 0.1) is 0 Å². The summed E-state index contributed by atoms with van der Waals surface area (Å²) in [5, 5.41) is 2.83. The third-order valence-corrected chi connectivity index (χ3v) is 3.57. The number of nitrogens with one attached hydrogen (secondary N) is 1. The van der Waals surface area contributed by atoms with Gasteiger partial charge in [0.15, 0.2) is 6.61 Å². The summed E-state index contributed by atoms with van der Waals surface area (Å²) in [5.41, 5.74) is 8.09. The number of primary amides is 1. The van der Waals surface area contributed by atoms with Crippen LogP contribution in [0.25, 0.3) is 0 Å². The number of nitrogens with two attached hydrogens (primary N) is 1. The molecule has 5 nitrogen and oxygen atoms in total. The lowest BCUT2D eigenvalue weighted by Gasteiger charge is -2.08. The van der Waals surface area contributed by atoms with Crippen molar-refractivity contribution >= 4 is 17.5 Å². The average Bonchev–Trinajstić information content (AvgIpc) is 2.59. The van der Waals surface area contributed by atoms with Gasteiger partial charge in [-0.25, -0.2) is 0 Å². The van der Waals surface area contributed by atoms with Gasteiger partial charge < -0.3 is 15.8 Å². The van der Waals surface area contributed by atoms with Crippen molar-refractivity contribution in [2.45, 2.75) is 26.2 Å². The van der Waals surface area contributed by atoms with E-state index in [2.05, 4.69) is 36.5 Å². The monoisotopic (exact) mass is 326 g/mol. The van der Waals surface area contributed by atoms with Gasteiger partial charge in [-0.05, 0) is 36.1 Å². The molecular formula is C19H22N2O3. The van der Waals surface area contributed by atoms with Crippen LogP contribution < -0.4 is 15.8 Å². The number of hydrogen-bond donors (Lipinski definition) is 2. The highest BCUT2D eigenvalue weighted by molar-refractivity contribution is 5.91. The molecule has 2 aromatic carbocycles. The van der Waals surface area contributed by atoms with E-state index in [0.29, 0.717) is 24.3 Å². The fraction of sp³-hybridized carbons (Fsp3) is 0.263. The molecule has 0 aliphatic rings. The first-order valence-corrected chi connectivity index (χ1v) is 7.95. The molecule has 0 aliphatic carbocycles. The Morgan fingerprint density at radius 1 is 1.08 bits per heavy atom. The molecule has 0 unspecified atom stereocenters. The minimum absolute atomic E-state index is 0.0679. The van der Waals surface area contributed by atoms with Crippen LogP contribution in [0.15, 0.2) is 48.5 Å². The van der Waals surface area contributed by atoms with Crippen LogP contribution in [0.4, 0.5) is 5.69 Å². The van der Waals surface area contributed by atoms with E-state index in [1.165, 1.54) is 5.56 Å². The molecule has 5 heteroatoms. The minimum atomic E-state index is -0.543. The summed E-state index contributed by atoms with van der Waals surface area (Å²) < 4.78 is 5.21. The van der Waals surface area contributed by atoms with Gasteiger partial charge in [-0.1, -0.05) is 37.3 Å². The summed E-state index contributed by atoms with van der Waals surface area (Å²) in [6, 6.07) is 15.2. The highest BCUT2D eigenvalue weighted by atomic mass is 16.5. The molecule has 0 radical (unpaired) electrons. The number of amides is 2. The van der Waals surface area contributed by atoms with Crippen molar-refractivity contribution in [2.75, 3.05) is 11.9 Å². The number of benzene rings is 2. The number of rotatable bonds is 8. The molecule has 2 amide bonds. The summed E-state index contributed by atoms with van der Waals surface area (Å²) >= 11 is 0. The van der Waals surface area contributed by atoms with E-state index in [9.17, 15) is 9.59 Å². The number of hydrogen-bond acceptors (Lipinski definition) is 3. The second kappa shape index (κ2) is 8.72. The van der Waals surface area contributed by atoms with Crippen molar-refractivity contribution in [2.24, 2.45) is 5.73 Å². The van der Waals surface area contributed by atoms with Crippen molar-refractivity contribution in [3.63, 3.8) is 0 Å². The van der Waals surface area contributed by atoms with Crippen molar-refractivity contribution in [3.05, 3.63) is 59.7 Å².